The second-order valence-corrected chi connectivity index (χ2v) is 6.62. The van der Waals surface area contributed by atoms with Gasteiger partial charge in [0.25, 0.3) is 0 Å². The molecule has 0 radical (unpaired) electrons. The van der Waals surface area contributed by atoms with Gasteiger partial charge in [-0.3, -0.25) is 0 Å². The van der Waals surface area contributed by atoms with Gasteiger partial charge < -0.3 is 0 Å². The fourth-order valence-corrected chi connectivity index (χ4v) is 2.58. The average Bonchev–Trinajstić information content (AvgIpc) is 2.04. The Labute approximate surface area is 103 Å². The molecule has 0 aromatic heterocycles. The Bertz CT molecular complexity index is 498. The Morgan fingerprint density at radius 1 is 1.31 bits per heavy atom. The van der Waals surface area contributed by atoms with Crippen LogP contribution in [0.1, 0.15) is 11.1 Å². The number of hydrogen-bond acceptors (Lipinski definition) is 2. The number of alkyl halides is 3. The molecule has 2 nitrogen and oxygen atoms in total. The molecule has 0 bridgehead atoms. The third-order valence-corrected chi connectivity index (χ3v) is 3.46. The Balaban J connectivity index is 3.20. The lowest BCUT2D eigenvalue weighted by Crippen LogP contribution is -2.06. The van der Waals surface area contributed by atoms with Gasteiger partial charge in [-0.05, 0) is 23.8 Å². The minimum atomic E-state index is -4.51. The monoisotopic (exact) mass is 336 g/mol. The van der Waals surface area contributed by atoms with Gasteiger partial charge >= 0.3 is 6.18 Å². The van der Waals surface area contributed by atoms with Gasteiger partial charge in [0, 0.05) is 15.2 Å². The van der Waals surface area contributed by atoms with Crippen LogP contribution in [0.5, 0.6) is 0 Å². The van der Waals surface area contributed by atoms with E-state index in [2.05, 4.69) is 15.9 Å². The summed E-state index contributed by atoms with van der Waals surface area (Å²) in [6.07, 6.45) is -4.51. The molecule has 0 N–H and O–H groups in total. The maximum atomic E-state index is 12.3. The molecule has 1 aromatic carbocycles. The van der Waals surface area contributed by atoms with Crippen LogP contribution in [0.4, 0.5) is 13.2 Å². The van der Waals surface area contributed by atoms with Gasteiger partial charge in [0.05, 0.1) is 11.3 Å². The van der Waals surface area contributed by atoms with E-state index in [-0.39, 0.29) is 10.0 Å². The second kappa shape index (κ2) is 4.54. The van der Waals surface area contributed by atoms with E-state index in [4.69, 9.17) is 10.7 Å². The maximum Gasteiger partial charge on any atom is 0.416 e. The van der Waals surface area contributed by atoms with Crippen LogP contribution >= 0.6 is 26.6 Å². The molecular formula is C8H5BrClF3O2S. The van der Waals surface area contributed by atoms with E-state index in [9.17, 15) is 21.6 Å². The average molecular weight is 338 g/mol. The fraction of sp³-hybridized carbons (Fsp3) is 0.250. The van der Waals surface area contributed by atoms with Crippen molar-refractivity contribution in [3.63, 3.8) is 0 Å². The van der Waals surface area contributed by atoms with E-state index in [0.717, 1.165) is 18.2 Å². The molecule has 90 valence electrons. The van der Waals surface area contributed by atoms with Crippen molar-refractivity contribution < 1.29 is 21.6 Å². The number of benzene rings is 1. The summed E-state index contributed by atoms with van der Waals surface area (Å²) in [6.45, 7) is 0. The highest BCUT2D eigenvalue weighted by Gasteiger charge is 2.31. The zero-order valence-electron chi connectivity index (χ0n) is 7.55. The van der Waals surface area contributed by atoms with Crippen LogP contribution in [0.2, 0.25) is 0 Å². The highest BCUT2D eigenvalue weighted by atomic mass is 79.9. The Hall–Kier alpha value is -0.270. The van der Waals surface area contributed by atoms with E-state index < -0.39 is 26.5 Å². The van der Waals surface area contributed by atoms with E-state index in [0.29, 0.717) is 0 Å². The summed E-state index contributed by atoms with van der Waals surface area (Å²) in [6, 6.07) is 2.75. The fourth-order valence-electron chi connectivity index (χ4n) is 1.05. The summed E-state index contributed by atoms with van der Waals surface area (Å²) >= 11 is 2.96. The lowest BCUT2D eigenvalue weighted by atomic mass is 10.1. The Morgan fingerprint density at radius 2 is 1.88 bits per heavy atom. The van der Waals surface area contributed by atoms with Crippen molar-refractivity contribution in [1.82, 2.24) is 0 Å². The van der Waals surface area contributed by atoms with Crippen molar-refractivity contribution in [3.8, 4) is 0 Å². The van der Waals surface area contributed by atoms with Gasteiger partial charge in [0.1, 0.15) is 0 Å². The van der Waals surface area contributed by atoms with Crippen LogP contribution < -0.4 is 0 Å². The smallest absolute Gasteiger partial charge is 0.212 e. The number of hydrogen-bond donors (Lipinski definition) is 0. The maximum absolute atomic E-state index is 12.3. The molecule has 0 saturated carbocycles. The topological polar surface area (TPSA) is 34.1 Å². The van der Waals surface area contributed by atoms with Gasteiger partial charge in [0.15, 0.2) is 0 Å². The third-order valence-electron chi connectivity index (χ3n) is 1.70. The van der Waals surface area contributed by atoms with Crippen LogP contribution in [0.3, 0.4) is 0 Å². The van der Waals surface area contributed by atoms with Crippen LogP contribution in [0.25, 0.3) is 0 Å². The highest BCUT2D eigenvalue weighted by Crippen LogP contribution is 2.32. The minimum Gasteiger partial charge on any atom is -0.212 e. The van der Waals surface area contributed by atoms with Crippen LogP contribution in [0.15, 0.2) is 22.7 Å². The van der Waals surface area contributed by atoms with Crippen LogP contribution in [-0.4, -0.2) is 8.42 Å². The first-order valence-corrected chi connectivity index (χ1v) is 7.15. The minimum absolute atomic E-state index is 0.0233. The highest BCUT2D eigenvalue weighted by molar-refractivity contribution is 9.10. The lowest BCUT2D eigenvalue weighted by molar-refractivity contribution is -0.137. The first kappa shape index (κ1) is 13.8. The molecule has 0 fully saturated rings. The van der Waals surface area contributed by atoms with Gasteiger partial charge in [-0.25, -0.2) is 8.42 Å². The molecular weight excluding hydrogens is 333 g/mol. The van der Waals surface area contributed by atoms with Crippen molar-refractivity contribution in [2.45, 2.75) is 11.9 Å². The van der Waals surface area contributed by atoms with Crippen molar-refractivity contribution in [3.05, 3.63) is 33.8 Å². The zero-order valence-corrected chi connectivity index (χ0v) is 10.7. The third kappa shape index (κ3) is 3.95. The van der Waals surface area contributed by atoms with E-state index >= 15 is 0 Å². The van der Waals surface area contributed by atoms with E-state index in [1.54, 1.807) is 0 Å². The van der Waals surface area contributed by atoms with Crippen LogP contribution in [-0.2, 0) is 21.0 Å². The van der Waals surface area contributed by atoms with Gasteiger partial charge in [-0.2, -0.15) is 13.2 Å². The molecule has 0 spiro atoms. The van der Waals surface area contributed by atoms with Crippen molar-refractivity contribution >= 4 is 35.7 Å². The zero-order chi connectivity index (χ0) is 12.6. The first-order valence-electron chi connectivity index (χ1n) is 3.87. The molecule has 0 aliphatic carbocycles. The number of halogens is 5. The Kier molecular flexibility index (Phi) is 3.91. The Morgan fingerprint density at radius 3 is 2.31 bits per heavy atom. The SMILES string of the molecule is O=S(=O)(Cl)Cc1cc(C(F)(F)F)ccc1Br. The molecule has 0 aliphatic rings. The summed E-state index contributed by atoms with van der Waals surface area (Å²) in [4.78, 5) is 0. The van der Waals surface area contributed by atoms with Crippen molar-refractivity contribution in [1.29, 1.82) is 0 Å². The second-order valence-electron chi connectivity index (χ2n) is 2.99. The van der Waals surface area contributed by atoms with Crippen molar-refractivity contribution in [2.24, 2.45) is 0 Å². The molecule has 16 heavy (non-hydrogen) atoms. The molecule has 0 aliphatic heterocycles. The predicted molar refractivity (Wildman–Crippen MR) is 57.6 cm³/mol. The molecule has 0 heterocycles. The van der Waals surface area contributed by atoms with E-state index in [1.165, 1.54) is 0 Å². The van der Waals surface area contributed by atoms with E-state index in [1.807, 2.05) is 0 Å². The van der Waals surface area contributed by atoms with Gasteiger partial charge in [-0.15, -0.1) is 0 Å². The molecule has 0 amide bonds. The molecule has 0 atom stereocenters. The molecule has 1 aromatic rings. The summed E-state index contributed by atoms with van der Waals surface area (Å²) < 4.78 is 58.8. The summed E-state index contributed by atoms with van der Waals surface area (Å²) in [5.74, 6) is -0.654. The quantitative estimate of drug-likeness (QED) is 0.774. The summed E-state index contributed by atoms with van der Waals surface area (Å²) in [5, 5.41) is 0. The molecule has 0 unspecified atom stereocenters. The largest absolute Gasteiger partial charge is 0.416 e. The van der Waals surface area contributed by atoms with Gasteiger partial charge in [0.2, 0.25) is 9.05 Å². The molecule has 8 heteroatoms. The number of rotatable bonds is 2. The van der Waals surface area contributed by atoms with Crippen LogP contribution in [0, 0.1) is 0 Å². The normalized spacial score (nSPS) is 12.8. The summed E-state index contributed by atoms with van der Waals surface area (Å²) in [5.41, 5.74) is -0.934. The standard InChI is InChI=1S/C8H5BrClF3O2S/c9-7-2-1-6(8(11,12)13)3-5(7)4-16(10,14)15/h1-3H,4H2. The molecule has 1 rings (SSSR count). The van der Waals surface area contributed by atoms with Gasteiger partial charge in [-0.1, -0.05) is 15.9 Å². The molecule has 0 saturated heterocycles. The first-order chi connectivity index (χ1) is 7.09. The predicted octanol–water partition coefficient (Wildman–Crippen LogP) is 3.54. The van der Waals surface area contributed by atoms with Crippen molar-refractivity contribution in [2.75, 3.05) is 0 Å². The summed E-state index contributed by atoms with van der Waals surface area (Å²) in [7, 11) is 1.09. The lowest BCUT2D eigenvalue weighted by Gasteiger charge is -2.09.